The Morgan fingerprint density at radius 2 is 2.28 bits per heavy atom. The molecular weight excluding hydrogens is 290 g/mol. The molecule has 0 aromatic carbocycles. The Morgan fingerprint density at radius 3 is 3.06 bits per heavy atom. The standard InChI is InChI=1S/C14H20BrN3/c15-13-9-16-6-5-14(13)18-7-1-2-11(10-18)8-17-12-3-4-12/h5-6,9,11-12,17H,1-4,7-8,10H2. The molecule has 1 aliphatic heterocycles. The van der Waals surface area contributed by atoms with Crippen molar-refractivity contribution in [3.05, 3.63) is 22.9 Å². The lowest BCUT2D eigenvalue weighted by Gasteiger charge is -2.35. The van der Waals surface area contributed by atoms with Crippen LogP contribution in [0, 0.1) is 5.92 Å². The zero-order valence-electron chi connectivity index (χ0n) is 10.6. The van der Waals surface area contributed by atoms with Crippen LogP contribution < -0.4 is 10.2 Å². The van der Waals surface area contributed by atoms with E-state index in [9.17, 15) is 0 Å². The highest BCUT2D eigenvalue weighted by Gasteiger charge is 2.25. The van der Waals surface area contributed by atoms with Crippen LogP contribution in [0.2, 0.25) is 0 Å². The lowest BCUT2D eigenvalue weighted by Crippen LogP contribution is -2.40. The summed E-state index contributed by atoms with van der Waals surface area (Å²) in [6, 6.07) is 2.94. The summed E-state index contributed by atoms with van der Waals surface area (Å²) in [5.41, 5.74) is 1.29. The van der Waals surface area contributed by atoms with Crippen molar-refractivity contribution in [1.82, 2.24) is 10.3 Å². The van der Waals surface area contributed by atoms with E-state index in [1.54, 1.807) is 0 Å². The first kappa shape index (κ1) is 12.4. The van der Waals surface area contributed by atoms with Gasteiger partial charge in [0, 0.05) is 31.5 Å². The van der Waals surface area contributed by atoms with Crippen molar-refractivity contribution in [3.63, 3.8) is 0 Å². The van der Waals surface area contributed by atoms with Gasteiger partial charge in [0.2, 0.25) is 0 Å². The van der Waals surface area contributed by atoms with E-state index in [0.29, 0.717) is 0 Å². The molecule has 4 heteroatoms. The van der Waals surface area contributed by atoms with E-state index < -0.39 is 0 Å². The smallest absolute Gasteiger partial charge is 0.0592 e. The van der Waals surface area contributed by atoms with Gasteiger partial charge < -0.3 is 10.2 Å². The fourth-order valence-corrected chi connectivity index (χ4v) is 3.20. The molecule has 1 N–H and O–H groups in total. The van der Waals surface area contributed by atoms with Gasteiger partial charge in [-0.1, -0.05) is 0 Å². The number of piperidine rings is 1. The van der Waals surface area contributed by atoms with Gasteiger partial charge >= 0.3 is 0 Å². The van der Waals surface area contributed by atoms with Crippen molar-refractivity contribution in [2.75, 3.05) is 24.5 Å². The molecule has 0 bridgehead atoms. The van der Waals surface area contributed by atoms with Crippen LogP contribution in [-0.4, -0.2) is 30.7 Å². The monoisotopic (exact) mass is 309 g/mol. The second-order valence-corrected chi connectivity index (χ2v) is 6.32. The topological polar surface area (TPSA) is 28.2 Å². The molecule has 1 saturated carbocycles. The van der Waals surface area contributed by atoms with E-state index >= 15 is 0 Å². The van der Waals surface area contributed by atoms with Crippen molar-refractivity contribution in [2.24, 2.45) is 5.92 Å². The summed E-state index contributed by atoms with van der Waals surface area (Å²) in [6.45, 7) is 3.52. The SMILES string of the molecule is Brc1cnccc1N1CCCC(CNC2CC2)C1. The molecule has 2 fully saturated rings. The number of hydrogen-bond acceptors (Lipinski definition) is 3. The molecule has 1 atom stereocenters. The van der Waals surface area contributed by atoms with Crippen LogP contribution in [0.4, 0.5) is 5.69 Å². The van der Waals surface area contributed by atoms with Crippen molar-refractivity contribution < 1.29 is 0 Å². The minimum atomic E-state index is 0.791. The minimum absolute atomic E-state index is 0.791. The van der Waals surface area contributed by atoms with Crippen LogP contribution >= 0.6 is 15.9 Å². The number of halogens is 1. The number of aromatic nitrogens is 1. The van der Waals surface area contributed by atoms with Crippen LogP contribution in [0.3, 0.4) is 0 Å². The predicted molar refractivity (Wildman–Crippen MR) is 77.9 cm³/mol. The van der Waals surface area contributed by atoms with Crippen LogP contribution in [-0.2, 0) is 0 Å². The third kappa shape index (κ3) is 3.04. The third-order valence-electron chi connectivity index (χ3n) is 3.88. The third-order valence-corrected chi connectivity index (χ3v) is 4.49. The van der Waals surface area contributed by atoms with Crippen LogP contribution in [0.15, 0.2) is 22.9 Å². The van der Waals surface area contributed by atoms with E-state index in [2.05, 4.69) is 37.2 Å². The second-order valence-electron chi connectivity index (χ2n) is 5.46. The Hall–Kier alpha value is -0.610. The van der Waals surface area contributed by atoms with Crippen molar-refractivity contribution in [1.29, 1.82) is 0 Å². The van der Waals surface area contributed by atoms with E-state index in [0.717, 1.165) is 16.4 Å². The lowest BCUT2D eigenvalue weighted by molar-refractivity contribution is 0.391. The number of nitrogens with one attached hydrogen (secondary N) is 1. The number of hydrogen-bond donors (Lipinski definition) is 1. The number of anilines is 1. The maximum absolute atomic E-state index is 4.14. The number of pyridine rings is 1. The highest BCUT2D eigenvalue weighted by molar-refractivity contribution is 9.10. The first-order chi connectivity index (χ1) is 8.83. The maximum Gasteiger partial charge on any atom is 0.0592 e. The Morgan fingerprint density at radius 1 is 1.39 bits per heavy atom. The molecule has 1 unspecified atom stereocenters. The average molecular weight is 310 g/mol. The van der Waals surface area contributed by atoms with Gasteiger partial charge in [-0.2, -0.15) is 0 Å². The molecule has 0 spiro atoms. The number of rotatable bonds is 4. The molecule has 2 aliphatic rings. The van der Waals surface area contributed by atoms with Gasteiger partial charge in [-0.25, -0.2) is 0 Å². The largest absolute Gasteiger partial charge is 0.370 e. The Labute approximate surface area is 117 Å². The molecule has 1 aromatic heterocycles. The van der Waals surface area contributed by atoms with E-state index in [1.807, 2.05) is 12.4 Å². The van der Waals surface area contributed by atoms with Gasteiger partial charge in [0.15, 0.2) is 0 Å². The Balaban J connectivity index is 1.60. The van der Waals surface area contributed by atoms with E-state index in [-0.39, 0.29) is 0 Å². The normalized spacial score (nSPS) is 24.3. The summed E-state index contributed by atoms with van der Waals surface area (Å²) in [4.78, 5) is 6.64. The summed E-state index contributed by atoms with van der Waals surface area (Å²) in [5.74, 6) is 0.791. The summed E-state index contributed by atoms with van der Waals surface area (Å²) >= 11 is 3.60. The molecule has 98 valence electrons. The summed E-state index contributed by atoms with van der Waals surface area (Å²) < 4.78 is 1.11. The molecule has 1 aliphatic carbocycles. The van der Waals surface area contributed by atoms with Crippen molar-refractivity contribution >= 4 is 21.6 Å². The lowest BCUT2D eigenvalue weighted by atomic mass is 9.97. The number of nitrogens with zero attached hydrogens (tertiary/aromatic N) is 2. The molecule has 0 radical (unpaired) electrons. The fourth-order valence-electron chi connectivity index (χ4n) is 2.70. The fraction of sp³-hybridized carbons (Fsp3) is 0.643. The molecule has 1 saturated heterocycles. The molecule has 3 nitrogen and oxygen atoms in total. The Kier molecular flexibility index (Phi) is 3.85. The highest BCUT2D eigenvalue weighted by atomic mass is 79.9. The molecule has 18 heavy (non-hydrogen) atoms. The van der Waals surface area contributed by atoms with E-state index in [4.69, 9.17) is 0 Å². The first-order valence-corrected chi connectivity index (χ1v) is 7.70. The average Bonchev–Trinajstić information content (AvgIpc) is 3.21. The molecular formula is C14H20BrN3. The predicted octanol–water partition coefficient (Wildman–Crippen LogP) is 2.81. The van der Waals surface area contributed by atoms with Gasteiger partial charge in [-0.3, -0.25) is 4.98 Å². The maximum atomic E-state index is 4.14. The first-order valence-electron chi connectivity index (χ1n) is 6.91. The highest BCUT2D eigenvalue weighted by Crippen LogP contribution is 2.29. The molecule has 1 aromatic rings. The van der Waals surface area contributed by atoms with Crippen LogP contribution in [0.5, 0.6) is 0 Å². The summed E-state index contributed by atoms with van der Waals surface area (Å²) in [5, 5.41) is 3.66. The van der Waals surface area contributed by atoms with Crippen LogP contribution in [0.1, 0.15) is 25.7 Å². The second kappa shape index (κ2) is 5.57. The zero-order chi connectivity index (χ0) is 12.4. The van der Waals surface area contributed by atoms with Crippen LogP contribution in [0.25, 0.3) is 0 Å². The van der Waals surface area contributed by atoms with Gasteiger partial charge in [0.1, 0.15) is 0 Å². The summed E-state index contributed by atoms with van der Waals surface area (Å²) in [7, 11) is 0. The molecule has 2 heterocycles. The van der Waals surface area contributed by atoms with Gasteiger partial charge in [-0.05, 0) is 60.1 Å². The van der Waals surface area contributed by atoms with E-state index in [1.165, 1.54) is 51.0 Å². The zero-order valence-corrected chi connectivity index (χ0v) is 12.2. The molecule has 3 rings (SSSR count). The van der Waals surface area contributed by atoms with Gasteiger partial charge in [-0.15, -0.1) is 0 Å². The van der Waals surface area contributed by atoms with Gasteiger partial charge in [0.25, 0.3) is 0 Å². The molecule has 0 amide bonds. The Bertz CT molecular complexity index is 406. The van der Waals surface area contributed by atoms with Gasteiger partial charge in [0.05, 0.1) is 10.2 Å². The minimum Gasteiger partial charge on any atom is -0.370 e. The summed E-state index contributed by atoms with van der Waals surface area (Å²) in [6.07, 6.45) is 9.19. The quantitative estimate of drug-likeness (QED) is 0.927. The van der Waals surface area contributed by atoms with Crippen molar-refractivity contribution in [3.8, 4) is 0 Å². The van der Waals surface area contributed by atoms with Crippen molar-refractivity contribution in [2.45, 2.75) is 31.7 Å².